The van der Waals surface area contributed by atoms with E-state index in [1.807, 2.05) is 4.68 Å². The van der Waals surface area contributed by atoms with Gasteiger partial charge in [0.2, 0.25) is 0 Å². The molecule has 0 aliphatic rings. The fourth-order valence-corrected chi connectivity index (χ4v) is 2.43. The quantitative estimate of drug-likeness (QED) is 0.855. The Morgan fingerprint density at radius 3 is 2.47 bits per heavy atom. The monoisotopic (exact) mass is 268 g/mol. The first-order valence-corrected chi connectivity index (χ1v) is 6.90. The van der Waals surface area contributed by atoms with Gasteiger partial charge in [-0.25, -0.2) is 9.67 Å². The highest BCUT2D eigenvalue weighted by molar-refractivity contribution is 4.94. The van der Waals surface area contributed by atoms with E-state index >= 15 is 0 Å². The van der Waals surface area contributed by atoms with E-state index in [4.69, 9.17) is 10.5 Å². The molecule has 0 aromatic carbocycles. The summed E-state index contributed by atoms with van der Waals surface area (Å²) >= 11 is 0. The Balaban J connectivity index is 2.76. The molecule has 0 spiro atoms. The summed E-state index contributed by atoms with van der Waals surface area (Å²) in [4.78, 5) is 4.32. The minimum Gasteiger partial charge on any atom is -0.379 e. The van der Waals surface area contributed by atoms with Crippen molar-refractivity contribution in [2.24, 2.45) is 17.1 Å². The van der Waals surface area contributed by atoms with Gasteiger partial charge in [0.05, 0.1) is 6.10 Å². The molecule has 0 fully saturated rings. The topological polar surface area (TPSA) is 66.0 Å². The standard InChI is InChI=1S/C14H28N4O/c1-10(2)8-18-12(16-9-17-18)7-11(15)13(19-6)14(3,4)5/h9-11,13H,7-8,15H2,1-6H3. The number of nitrogens with zero attached hydrogens (tertiary/aromatic N) is 3. The average Bonchev–Trinajstić information content (AvgIpc) is 2.63. The third-order valence-corrected chi connectivity index (χ3v) is 3.15. The van der Waals surface area contributed by atoms with Gasteiger partial charge in [0.1, 0.15) is 12.2 Å². The smallest absolute Gasteiger partial charge is 0.138 e. The molecule has 2 unspecified atom stereocenters. The van der Waals surface area contributed by atoms with E-state index in [9.17, 15) is 0 Å². The average molecular weight is 268 g/mol. The number of aromatic nitrogens is 3. The normalized spacial score (nSPS) is 15.8. The summed E-state index contributed by atoms with van der Waals surface area (Å²) in [5, 5.41) is 4.27. The molecule has 0 saturated carbocycles. The van der Waals surface area contributed by atoms with E-state index in [0.29, 0.717) is 12.3 Å². The summed E-state index contributed by atoms with van der Waals surface area (Å²) in [5.41, 5.74) is 6.31. The first kappa shape index (κ1) is 16.1. The Morgan fingerprint density at radius 1 is 1.37 bits per heavy atom. The van der Waals surface area contributed by atoms with Crippen molar-refractivity contribution in [3.8, 4) is 0 Å². The second-order valence-corrected chi connectivity index (χ2v) is 6.64. The second kappa shape index (κ2) is 6.48. The summed E-state index contributed by atoms with van der Waals surface area (Å²) in [6.07, 6.45) is 2.28. The van der Waals surface area contributed by atoms with Crippen LogP contribution in [-0.2, 0) is 17.7 Å². The van der Waals surface area contributed by atoms with Crippen LogP contribution in [0.25, 0.3) is 0 Å². The lowest BCUT2D eigenvalue weighted by atomic mass is 9.83. The minimum absolute atomic E-state index is 0.00306. The van der Waals surface area contributed by atoms with Gasteiger partial charge in [-0.2, -0.15) is 5.10 Å². The molecular weight excluding hydrogens is 240 g/mol. The fraction of sp³-hybridized carbons (Fsp3) is 0.857. The fourth-order valence-electron chi connectivity index (χ4n) is 2.43. The van der Waals surface area contributed by atoms with Crippen molar-refractivity contribution in [2.75, 3.05) is 7.11 Å². The number of ether oxygens (including phenoxy) is 1. The van der Waals surface area contributed by atoms with E-state index in [1.54, 1.807) is 13.4 Å². The predicted molar refractivity (Wildman–Crippen MR) is 76.8 cm³/mol. The number of hydrogen-bond acceptors (Lipinski definition) is 4. The molecule has 0 amide bonds. The number of methoxy groups -OCH3 is 1. The van der Waals surface area contributed by atoms with Crippen molar-refractivity contribution in [3.63, 3.8) is 0 Å². The summed E-state index contributed by atoms with van der Waals surface area (Å²) < 4.78 is 7.51. The molecule has 0 bridgehead atoms. The first-order valence-electron chi connectivity index (χ1n) is 6.90. The van der Waals surface area contributed by atoms with Crippen LogP contribution in [0, 0.1) is 11.3 Å². The van der Waals surface area contributed by atoms with Gasteiger partial charge in [-0.1, -0.05) is 34.6 Å². The Hall–Kier alpha value is -0.940. The van der Waals surface area contributed by atoms with Crippen molar-refractivity contribution in [2.45, 2.75) is 59.7 Å². The molecule has 110 valence electrons. The van der Waals surface area contributed by atoms with Crippen LogP contribution in [0.3, 0.4) is 0 Å². The lowest BCUT2D eigenvalue weighted by molar-refractivity contribution is -0.00228. The Bertz CT molecular complexity index is 381. The highest BCUT2D eigenvalue weighted by Crippen LogP contribution is 2.25. The van der Waals surface area contributed by atoms with Gasteiger partial charge in [-0.15, -0.1) is 0 Å². The number of hydrogen-bond donors (Lipinski definition) is 1. The van der Waals surface area contributed by atoms with Crippen LogP contribution in [-0.4, -0.2) is 34.0 Å². The lowest BCUT2D eigenvalue weighted by Gasteiger charge is -2.33. The molecule has 1 aromatic rings. The predicted octanol–water partition coefficient (Wildman–Crippen LogP) is 1.86. The van der Waals surface area contributed by atoms with Gasteiger partial charge in [0, 0.05) is 26.1 Å². The minimum atomic E-state index is -0.0832. The Morgan fingerprint density at radius 2 is 2.00 bits per heavy atom. The van der Waals surface area contributed by atoms with E-state index in [2.05, 4.69) is 44.7 Å². The molecule has 5 nitrogen and oxygen atoms in total. The van der Waals surface area contributed by atoms with E-state index in [-0.39, 0.29) is 17.6 Å². The van der Waals surface area contributed by atoms with E-state index < -0.39 is 0 Å². The maximum absolute atomic E-state index is 6.30. The molecule has 0 aliphatic carbocycles. The molecule has 5 heteroatoms. The SMILES string of the molecule is COC(C(N)Cc1ncnn1CC(C)C)C(C)(C)C. The zero-order chi connectivity index (χ0) is 14.6. The maximum atomic E-state index is 6.30. The molecule has 1 rings (SSSR count). The van der Waals surface area contributed by atoms with Crippen molar-refractivity contribution < 1.29 is 4.74 Å². The van der Waals surface area contributed by atoms with Crippen molar-refractivity contribution in [1.82, 2.24) is 14.8 Å². The van der Waals surface area contributed by atoms with Crippen molar-refractivity contribution in [3.05, 3.63) is 12.2 Å². The molecular formula is C14H28N4O. The lowest BCUT2D eigenvalue weighted by Crippen LogP contribution is -2.46. The molecule has 0 saturated heterocycles. The van der Waals surface area contributed by atoms with Crippen LogP contribution >= 0.6 is 0 Å². The van der Waals surface area contributed by atoms with Gasteiger partial charge < -0.3 is 10.5 Å². The highest BCUT2D eigenvalue weighted by Gasteiger charge is 2.31. The molecule has 1 heterocycles. The molecule has 19 heavy (non-hydrogen) atoms. The largest absolute Gasteiger partial charge is 0.379 e. The van der Waals surface area contributed by atoms with Crippen molar-refractivity contribution >= 4 is 0 Å². The zero-order valence-electron chi connectivity index (χ0n) is 13.1. The molecule has 1 aromatic heterocycles. The Kier molecular flexibility index (Phi) is 5.50. The second-order valence-electron chi connectivity index (χ2n) is 6.64. The number of rotatable bonds is 6. The van der Waals surface area contributed by atoms with E-state index in [0.717, 1.165) is 12.4 Å². The Labute approximate surface area is 116 Å². The third kappa shape index (κ3) is 4.58. The molecule has 0 radical (unpaired) electrons. The summed E-state index contributed by atoms with van der Waals surface area (Å²) in [6, 6.07) is -0.0832. The maximum Gasteiger partial charge on any atom is 0.138 e. The molecule has 0 aliphatic heterocycles. The van der Waals surface area contributed by atoms with Crippen molar-refractivity contribution in [1.29, 1.82) is 0 Å². The zero-order valence-corrected chi connectivity index (χ0v) is 13.1. The highest BCUT2D eigenvalue weighted by atomic mass is 16.5. The van der Waals surface area contributed by atoms with Crippen LogP contribution in [0.5, 0.6) is 0 Å². The van der Waals surface area contributed by atoms with Gasteiger partial charge in [0.25, 0.3) is 0 Å². The van der Waals surface area contributed by atoms with Crippen LogP contribution in [0.4, 0.5) is 0 Å². The van der Waals surface area contributed by atoms with E-state index in [1.165, 1.54) is 0 Å². The molecule has 2 atom stereocenters. The summed E-state index contributed by atoms with van der Waals surface area (Å²) in [7, 11) is 1.72. The summed E-state index contributed by atoms with van der Waals surface area (Å²) in [5.74, 6) is 1.48. The van der Waals surface area contributed by atoms with Crippen LogP contribution < -0.4 is 5.73 Å². The van der Waals surface area contributed by atoms with Gasteiger partial charge in [0.15, 0.2) is 0 Å². The third-order valence-electron chi connectivity index (χ3n) is 3.15. The summed E-state index contributed by atoms with van der Waals surface area (Å²) in [6.45, 7) is 11.6. The van der Waals surface area contributed by atoms with Gasteiger partial charge >= 0.3 is 0 Å². The van der Waals surface area contributed by atoms with Crippen LogP contribution in [0.15, 0.2) is 6.33 Å². The van der Waals surface area contributed by atoms with Crippen LogP contribution in [0.2, 0.25) is 0 Å². The van der Waals surface area contributed by atoms with Gasteiger partial charge in [-0.3, -0.25) is 0 Å². The van der Waals surface area contributed by atoms with Crippen LogP contribution in [0.1, 0.15) is 40.4 Å². The first-order chi connectivity index (χ1) is 8.75. The molecule has 2 N–H and O–H groups in total. The number of nitrogens with two attached hydrogens (primary N) is 1. The van der Waals surface area contributed by atoms with Gasteiger partial charge in [-0.05, 0) is 11.3 Å².